The van der Waals surface area contributed by atoms with Crippen LogP contribution in [0.2, 0.25) is 0 Å². The molecule has 142 valence electrons. The van der Waals surface area contributed by atoms with E-state index >= 15 is 0 Å². The number of aromatic nitrogens is 1. The third kappa shape index (κ3) is 4.86. The minimum atomic E-state index is -0.977. The summed E-state index contributed by atoms with van der Waals surface area (Å²) in [5, 5.41) is 17.8. The van der Waals surface area contributed by atoms with Crippen LogP contribution in [0, 0.1) is 5.82 Å². The average molecular weight is 368 g/mol. The number of fused-ring (bicyclic) bond motifs is 1. The summed E-state index contributed by atoms with van der Waals surface area (Å²) in [7, 11) is 0. The summed E-state index contributed by atoms with van der Waals surface area (Å²) in [6.07, 6.45) is 1.89. The van der Waals surface area contributed by atoms with Crippen LogP contribution in [0.5, 0.6) is 0 Å². The topological polar surface area (TPSA) is 72.4 Å². The molecular formula is C21H25FN4O. The number of aliphatic hydroxyl groups is 1. The predicted molar refractivity (Wildman–Crippen MR) is 107 cm³/mol. The Hall–Kier alpha value is -2.86. The van der Waals surface area contributed by atoms with E-state index in [9.17, 15) is 9.50 Å². The highest BCUT2D eigenvalue weighted by atomic mass is 19.1. The molecule has 0 saturated heterocycles. The van der Waals surface area contributed by atoms with Crippen LogP contribution in [0.1, 0.15) is 24.2 Å². The summed E-state index contributed by atoms with van der Waals surface area (Å²) in [5.74, 6) is 0.185. The lowest BCUT2D eigenvalue weighted by atomic mass is 10.1. The Morgan fingerprint density at radius 2 is 1.93 bits per heavy atom. The number of nitrogens with zero attached hydrogens (tertiary/aromatic N) is 1. The van der Waals surface area contributed by atoms with Gasteiger partial charge in [-0.1, -0.05) is 36.4 Å². The van der Waals surface area contributed by atoms with Crippen LogP contribution in [0.4, 0.5) is 4.39 Å². The lowest BCUT2D eigenvalue weighted by molar-refractivity contribution is 0.182. The van der Waals surface area contributed by atoms with E-state index in [-0.39, 0.29) is 12.1 Å². The van der Waals surface area contributed by atoms with Crippen molar-refractivity contribution in [2.45, 2.75) is 19.4 Å². The highest BCUT2D eigenvalue weighted by molar-refractivity contribution is 5.83. The molecule has 0 radical (unpaired) electrons. The van der Waals surface area contributed by atoms with E-state index in [0.29, 0.717) is 19.0 Å². The first-order valence-electron chi connectivity index (χ1n) is 9.18. The van der Waals surface area contributed by atoms with Gasteiger partial charge in [0.2, 0.25) is 0 Å². The lowest BCUT2D eigenvalue weighted by Gasteiger charge is -2.13. The summed E-state index contributed by atoms with van der Waals surface area (Å²) in [5.41, 5.74) is 2.62. The van der Waals surface area contributed by atoms with Gasteiger partial charge in [0.05, 0.1) is 6.54 Å². The maximum atomic E-state index is 13.8. The number of guanidine groups is 1. The van der Waals surface area contributed by atoms with Gasteiger partial charge in [-0.2, -0.15) is 0 Å². The number of aliphatic hydroxyl groups excluding tert-OH is 1. The summed E-state index contributed by atoms with van der Waals surface area (Å²) in [6, 6.07) is 14.4. The van der Waals surface area contributed by atoms with Gasteiger partial charge >= 0.3 is 0 Å². The number of rotatable bonds is 7. The van der Waals surface area contributed by atoms with Crippen LogP contribution in [0.3, 0.4) is 0 Å². The van der Waals surface area contributed by atoms with Gasteiger partial charge in [-0.3, -0.25) is 4.99 Å². The van der Waals surface area contributed by atoms with E-state index in [0.717, 1.165) is 11.9 Å². The van der Waals surface area contributed by atoms with Crippen LogP contribution in [0.25, 0.3) is 10.9 Å². The number of H-pyrrole nitrogens is 1. The van der Waals surface area contributed by atoms with E-state index in [4.69, 9.17) is 0 Å². The molecule has 1 atom stereocenters. The third-order valence-corrected chi connectivity index (χ3v) is 4.39. The Morgan fingerprint density at radius 3 is 2.74 bits per heavy atom. The second kappa shape index (κ2) is 9.19. The Bertz CT molecular complexity index is 906. The zero-order chi connectivity index (χ0) is 19.1. The summed E-state index contributed by atoms with van der Waals surface area (Å²) < 4.78 is 13.8. The molecule has 3 rings (SSSR count). The standard InChI is InChI=1S/C21H25FN4O/c1-2-23-21(26-14-20(27)17-8-3-5-9-18(17)22)24-12-11-15-13-25-19-10-6-4-7-16(15)19/h3-10,13,20,25,27H,2,11-12,14H2,1H3,(H2,23,24,26). The molecule has 1 heterocycles. The van der Waals surface area contributed by atoms with E-state index in [2.05, 4.69) is 32.7 Å². The number of aromatic amines is 1. The minimum absolute atomic E-state index is 0.0867. The van der Waals surface area contributed by atoms with Gasteiger partial charge in [0.25, 0.3) is 0 Å². The Balaban J connectivity index is 1.58. The van der Waals surface area contributed by atoms with Crippen LogP contribution in [-0.4, -0.2) is 35.7 Å². The largest absolute Gasteiger partial charge is 0.386 e. The summed E-state index contributed by atoms with van der Waals surface area (Å²) in [6.45, 7) is 3.46. The maximum Gasteiger partial charge on any atom is 0.191 e. The molecule has 0 amide bonds. The van der Waals surface area contributed by atoms with E-state index < -0.39 is 11.9 Å². The second-order valence-corrected chi connectivity index (χ2v) is 6.29. The fourth-order valence-corrected chi connectivity index (χ4v) is 3.02. The molecule has 2 aromatic carbocycles. The highest BCUT2D eigenvalue weighted by Crippen LogP contribution is 2.18. The van der Waals surface area contributed by atoms with Crippen LogP contribution in [0.15, 0.2) is 59.7 Å². The van der Waals surface area contributed by atoms with E-state index in [1.807, 2.05) is 25.3 Å². The first-order chi connectivity index (χ1) is 13.2. The van der Waals surface area contributed by atoms with E-state index in [1.165, 1.54) is 17.0 Å². The van der Waals surface area contributed by atoms with Gasteiger partial charge in [-0.15, -0.1) is 0 Å². The molecule has 1 unspecified atom stereocenters. The van der Waals surface area contributed by atoms with Crippen molar-refractivity contribution in [2.75, 3.05) is 19.6 Å². The maximum absolute atomic E-state index is 13.8. The summed E-state index contributed by atoms with van der Waals surface area (Å²) >= 11 is 0. The molecule has 0 aliphatic heterocycles. The number of aliphatic imine (C=N–C) groups is 1. The highest BCUT2D eigenvalue weighted by Gasteiger charge is 2.12. The molecule has 6 heteroatoms. The number of para-hydroxylation sites is 1. The number of nitrogens with one attached hydrogen (secondary N) is 3. The molecule has 3 aromatic rings. The molecule has 0 spiro atoms. The van der Waals surface area contributed by atoms with Gasteiger partial charge < -0.3 is 20.7 Å². The van der Waals surface area contributed by atoms with Gasteiger partial charge in [-0.25, -0.2) is 4.39 Å². The Kier molecular flexibility index (Phi) is 6.44. The van der Waals surface area contributed by atoms with Crippen molar-refractivity contribution < 1.29 is 9.50 Å². The number of hydrogen-bond acceptors (Lipinski definition) is 2. The second-order valence-electron chi connectivity index (χ2n) is 6.29. The van der Waals surface area contributed by atoms with Crippen molar-refractivity contribution in [1.29, 1.82) is 0 Å². The SMILES string of the molecule is CCNC(=NCC(O)c1ccccc1F)NCCc1c[nH]c2ccccc12. The van der Waals surface area contributed by atoms with Crippen LogP contribution >= 0.6 is 0 Å². The number of halogens is 1. The molecule has 0 aliphatic carbocycles. The third-order valence-electron chi connectivity index (χ3n) is 4.39. The first-order valence-corrected chi connectivity index (χ1v) is 9.18. The van der Waals surface area contributed by atoms with Gasteiger partial charge in [0.15, 0.2) is 5.96 Å². The molecular weight excluding hydrogens is 343 g/mol. The molecule has 1 aromatic heterocycles. The fourth-order valence-electron chi connectivity index (χ4n) is 3.02. The normalized spacial score (nSPS) is 12.9. The Labute approximate surface area is 158 Å². The molecule has 5 nitrogen and oxygen atoms in total. The van der Waals surface area contributed by atoms with Crippen LogP contribution < -0.4 is 10.6 Å². The smallest absolute Gasteiger partial charge is 0.191 e. The van der Waals surface area contributed by atoms with E-state index in [1.54, 1.807) is 18.2 Å². The molecule has 0 fully saturated rings. The first kappa shape index (κ1) is 18.9. The minimum Gasteiger partial charge on any atom is -0.386 e. The van der Waals surface area contributed by atoms with Gasteiger partial charge in [0.1, 0.15) is 11.9 Å². The molecule has 27 heavy (non-hydrogen) atoms. The Morgan fingerprint density at radius 1 is 1.15 bits per heavy atom. The zero-order valence-corrected chi connectivity index (χ0v) is 15.4. The lowest BCUT2D eigenvalue weighted by Crippen LogP contribution is -2.38. The predicted octanol–water partition coefficient (Wildman–Crippen LogP) is 3.14. The summed E-state index contributed by atoms with van der Waals surface area (Å²) in [4.78, 5) is 7.65. The molecule has 0 aliphatic rings. The van der Waals surface area contributed by atoms with Crippen molar-refractivity contribution in [3.05, 3.63) is 71.7 Å². The molecule has 4 N–H and O–H groups in total. The number of benzene rings is 2. The van der Waals surface area contributed by atoms with Crippen molar-refractivity contribution >= 4 is 16.9 Å². The fraction of sp³-hybridized carbons (Fsp3) is 0.286. The molecule has 0 saturated carbocycles. The van der Waals surface area contributed by atoms with Crippen molar-refractivity contribution in [3.8, 4) is 0 Å². The van der Waals surface area contributed by atoms with Crippen molar-refractivity contribution in [1.82, 2.24) is 15.6 Å². The monoisotopic (exact) mass is 368 g/mol. The van der Waals surface area contributed by atoms with Crippen molar-refractivity contribution in [2.24, 2.45) is 4.99 Å². The quantitative estimate of drug-likeness (QED) is 0.382. The molecule has 0 bridgehead atoms. The van der Waals surface area contributed by atoms with Crippen LogP contribution in [-0.2, 0) is 6.42 Å². The zero-order valence-electron chi connectivity index (χ0n) is 15.4. The van der Waals surface area contributed by atoms with Gasteiger partial charge in [-0.05, 0) is 31.0 Å². The van der Waals surface area contributed by atoms with Crippen molar-refractivity contribution in [3.63, 3.8) is 0 Å². The number of hydrogen-bond donors (Lipinski definition) is 4. The van der Waals surface area contributed by atoms with Gasteiger partial charge in [0, 0.05) is 35.8 Å². The average Bonchev–Trinajstić information content (AvgIpc) is 3.09.